The molecule has 0 heterocycles. The maximum atomic E-state index is 12.3. The largest absolute Gasteiger partial charge is 0.465 e. The van der Waals surface area contributed by atoms with Crippen LogP contribution in [0.25, 0.3) is 11.1 Å². The van der Waals surface area contributed by atoms with Gasteiger partial charge in [0.1, 0.15) is 0 Å². The second-order valence-electron chi connectivity index (χ2n) is 16.2. The summed E-state index contributed by atoms with van der Waals surface area (Å²) in [7, 11) is 0. The van der Waals surface area contributed by atoms with Crippen LogP contribution in [0.4, 0.5) is 0 Å². The van der Waals surface area contributed by atoms with E-state index in [1.54, 1.807) is 0 Å². The second-order valence-corrected chi connectivity index (χ2v) is 16.2. The molecule has 0 atom stereocenters. The maximum Gasteiger partial charge on any atom is 0.311 e. The number of carbonyl (C=O) groups excluding carboxylic acids is 2. The lowest BCUT2D eigenvalue weighted by molar-refractivity contribution is -0.153. The summed E-state index contributed by atoms with van der Waals surface area (Å²) in [6, 6.07) is 37.7. The van der Waals surface area contributed by atoms with Crippen molar-refractivity contribution in [1.29, 1.82) is 0 Å². The maximum absolute atomic E-state index is 12.3. The van der Waals surface area contributed by atoms with Gasteiger partial charge < -0.3 is 9.47 Å². The number of unbranched alkanes of at least 4 members (excludes halogenated alkanes) is 2. The van der Waals surface area contributed by atoms with Crippen molar-refractivity contribution >= 4 is 11.9 Å². The molecule has 4 nitrogen and oxygen atoms in total. The van der Waals surface area contributed by atoms with Crippen molar-refractivity contribution in [1.82, 2.24) is 0 Å². The molecular formula is C46H56O4. The van der Waals surface area contributed by atoms with Crippen LogP contribution in [0.5, 0.6) is 0 Å². The lowest BCUT2D eigenvalue weighted by Crippen LogP contribution is -2.25. The van der Waals surface area contributed by atoms with Crippen molar-refractivity contribution in [3.63, 3.8) is 0 Å². The molecule has 1 aliphatic rings. The molecule has 0 aliphatic heterocycles. The molecule has 0 bridgehead atoms. The molecule has 0 unspecified atom stereocenters. The Morgan fingerprint density at radius 1 is 0.600 bits per heavy atom. The number of aryl methyl sites for hydroxylation is 1. The van der Waals surface area contributed by atoms with Crippen molar-refractivity contribution in [3.8, 4) is 11.1 Å². The molecule has 4 aromatic carbocycles. The molecule has 0 N–H and O–H groups in total. The summed E-state index contributed by atoms with van der Waals surface area (Å²) in [6.07, 6.45) is 7.98. The first-order valence-electron chi connectivity index (χ1n) is 18.6. The molecule has 0 fully saturated rings. The van der Waals surface area contributed by atoms with Gasteiger partial charge in [0, 0.05) is 5.92 Å². The quantitative estimate of drug-likeness (QED) is 0.0760. The van der Waals surface area contributed by atoms with Crippen LogP contribution in [-0.4, -0.2) is 25.2 Å². The first kappa shape index (κ1) is 37.1. The third kappa shape index (κ3) is 9.33. The monoisotopic (exact) mass is 672 g/mol. The van der Waals surface area contributed by atoms with Crippen LogP contribution in [-0.2, 0) is 30.9 Å². The van der Waals surface area contributed by atoms with Crippen LogP contribution in [0.1, 0.15) is 120 Å². The molecule has 0 saturated heterocycles. The van der Waals surface area contributed by atoms with Crippen LogP contribution in [0.2, 0.25) is 0 Å². The summed E-state index contributed by atoms with van der Waals surface area (Å²) in [5, 5.41) is 0. The Hall–Kier alpha value is -4.18. The van der Waals surface area contributed by atoms with Crippen molar-refractivity contribution < 1.29 is 19.1 Å². The molecule has 4 heteroatoms. The van der Waals surface area contributed by atoms with Crippen LogP contribution in [0.15, 0.2) is 103 Å². The Bertz CT molecular complexity index is 1620. The van der Waals surface area contributed by atoms with E-state index in [0.717, 1.165) is 51.4 Å². The summed E-state index contributed by atoms with van der Waals surface area (Å²) in [5.41, 5.74) is 8.31. The molecule has 0 amide bonds. The fourth-order valence-electron chi connectivity index (χ4n) is 7.25. The van der Waals surface area contributed by atoms with Crippen molar-refractivity contribution in [2.45, 2.75) is 104 Å². The fraction of sp³-hybridized carbons (Fsp3) is 0.435. The third-order valence-corrected chi connectivity index (χ3v) is 10.2. The van der Waals surface area contributed by atoms with Gasteiger partial charge in [-0.2, -0.15) is 0 Å². The smallest absolute Gasteiger partial charge is 0.311 e. The average molecular weight is 673 g/mol. The predicted octanol–water partition coefficient (Wildman–Crippen LogP) is 11.2. The van der Waals surface area contributed by atoms with E-state index >= 15 is 0 Å². The molecule has 4 aromatic rings. The Labute approximate surface area is 300 Å². The van der Waals surface area contributed by atoms with Gasteiger partial charge in [-0.3, -0.25) is 9.59 Å². The topological polar surface area (TPSA) is 52.6 Å². The zero-order valence-corrected chi connectivity index (χ0v) is 31.1. The molecular weight excluding hydrogens is 617 g/mol. The first-order valence-corrected chi connectivity index (χ1v) is 18.6. The van der Waals surface area contributed by atoms with Crippen LogP contribution in [0.3, 0.4) is 0 Å². The molecule has 264 valence electrons. The summed E-state index contributed by atoms with van der Waals surface area (Å²) in [6.45, 7) is 12.3. The Balaban J connectivity index is 1.35. The van der Waals surface area contributed by atoms with Gasteiger partial charge in [-0.15, -0.1) is 0 Å². The number of rotatable bonds is 14. The van der Waals surface area contributed by atoms with Gasteiger partial charge in [-0.1, -0.05) is 103 Å². The minimum Gasteiger partial charge on any atom is -0.465 e. The standard InChI is InChI=1S/C46H56O4/c1-44(2,3)42(47)49-31-15-13-28-46(29-14-16-32-50-43(48)45(4,5)6)30-27-35-23-26-39(33-40(35)46)34-21-24-38(25-22-34)41(36-17-9-7-10-18-36)37-19-11-8-12-20-37/h7-12,17-26,33,41H,13-16,27-32H2,1-6H3. The van der Waals surface area contributed by atoms with Gasteiger partial charge >= 0.3 is 11.9 Å². The van der Waals surface area contributed by atoms with Crippen molar-refractivity contribution in [2.24, 2.45) is 10.8 Å². The van der Waals surface area contributed by atoms with Gasteiger partial charge in [-0.05, 0) is 137 Å². The molecule has 5 rings (SSSR count). The van der Waals surface area contributed by atoms with Crippen LogP contribution >= 0.6 is 0 Å². The highest BCUT2D eigenvalue weighted by Crippen LogP contribution is 2.47. The SMILES string of the molecule is CC(C)(C)C(=O)OCCCCC1(CCCCOC(=O)C(C)(C)C)CCc2ccc(-c3ccc(C(c4ccccc4)c4ccccc4)cc3)cc21. The fourth-order valence-corrected chi connectivity index (χ4v) is 7.25. The average Bonchev–Trinajstić information content (AvgIpc) is 3.46. The summed E-state index contributed by atoms with van der Waals surface area (Å²) < 4.78 is 11.2. The Morgan fingerprint density at radius 3 is 1.54 bits per heavy atom. The summed E-state index contributed by atoms with van der Waals surface area (Å²) in [5.74, 6) is -0.111. The lowest BCUT2D eigenvalue weighted by Gasteiger charge is -2.31. The zero-order chi connectivity index (χ0) is 35.8. The highest BCUT2D eigenvalue weighted by molar-refractivity contribution is 5.75. The number of esters is 2. The van der Waals surface area contributed by atoms with Gasteiger partial charge in [0.15, 0.2) is 0 Å². The number of benzene rings is 4. The van der Waals surface area contributed by atoms with E-state index in [2.05, 4.69) is 103 Å². The van der Waals surface area contributed by atoms with Crippen molar-refractivity contribution in [3.05, 3.63) is 131 Å². The highest BCUT2D eigenvalue weighted by Gasteiger charge is 2.38. The molecule has 50 heavy (non-hydrogen) atoms. The minimum atomic E-state index is -0.485. The van der Waals surface area contributed by atoms with Crippen LogP contribution < -0.4 is 0 Å². The van der Waals surface area contributed by atoms with Gasteiger partial charge in [0.05, 0.1) is 24.0 Å². The number of carbonyl (C=O) groups is 2. The van der Waals surface area contributed by atoms with E-state index < -0.39 is 10.8 Å². The van der Waals surface area contributed by atoms with E-state index in [-0.39, 0.29) is 23.3 Å². The zero-order valence-electron chi connectivity index (χ0n) is 31.1. The number of ether oxygens (including phenoxy) is 2. The molecule has 0 aromatic heterocycles. The van der Waals surface area contributed by atoms with Gasteiger partial charge in [-0.25, -0.2) is 0 Å². The summed E-state index contributed by atoms with van der Waals surface area (Å²) >= 11 is 0. The van der Waals surface area contributed by atoms with E-state index in [0.29, 0.717) is 13.2 Å². The summed E-state index contributed by atoms with van der Waals surface area (Å²) in [4.78, 5) is 24.7. The molecule has 0 radical (unpaired) electrons. The predicted molar refractivity (Wildman–Crippen MR) is 204 cm³/mol. The van der Waals surface area contributed by atoms with E-state index in [9.17, 15) is 9.59 Å². The number of hydrogen-bond acceptors (Lipinski definition) is 4. The van der Waals surface area contributed by atoms with Gasteiger partial charge in [0.2, 0.25) is 0 Å². The first-order chi connectivity index (χ1) is 23.9. The highest BCUT2D eigenvalue weighted by atomic mass is 16.5. The number of fused-ring (bicyclic) bond motifs is 1. The van der Waals surface area contributed by atoms with E-state index in [4.69, 9.17) is 9.47 Å². The Kier molecular flexibility index (Phi) is 12.0. The van der Waals surface area contributed by atoms with E-state index in [1.807, 2.05) is 41.5 Å². The Morgan fingerprint density at radius 2 is 1.06 bits per heavy atom. The second kappa shape index (κ2) is 16.2. The van der Waals surface area contributed by atoms with Crippen LogP contribution in [0, 0.1) is 10.8 Å². The van der Waals surface area contributed by atoms with Crippen molar-refractivity contribution in [2.75, 3.05) is 13.2 Å². The van der Waals surface area contributed by atoms with Gasteiger partial charge in [0.25, 0.3) is 0 Å². The van der Waals surface area contributed by atoms with E-state index in [1.165, 1.54) is 38.9 Å². The minimum absolute atomic E-state index is 0.0546. The molecule has 0 spiro atoms. The molecule has 0 saturated carbocycles. The normalized spacial score (nSPS) is 14.0. The lowest BCUT2D eigenvalue weighted by atomic mass is 9.73. The third-order valence-electron chi connectivity index (χ3n) is 10.2. The number of hydrogen-bond donors (Lipinski definition) is 0. The molecule has 1 aliphatic carbocycles.